The molecule has 17 heavy (non-hydrogen) atoms. The van der Waals surface area contributed by atoms with E-state index in [2.05, 4.69) is 4.98 Å². The van der Waals surface area contributed by atoms with E-state index >= 15 is 0 Å². The third-order valence-corrected chi connectivity index (χ3v) is 2.84. The van der Waals surface area contributed by atoms with Crippen molar-refractivity contribution in [1.29, 1.82) is 0 Å². The zero-order chi connectivity index (χ0) is 12.6. The lowest BCUT2D eigenvalue weighted by Crippen LogP contribution is -2.34. The normalized spacial score (nSPS) is 28.5. The van der Waals surface area contributed by atoms with Gasteiger partial charge < -0.3 is 14.9 Å². The zero-order valence-electron chi connectivity index (χ0n) is 9.29. The second kappa shape index (κ2) is 4.44. The third-order valence-electron chi connectivity index (χ3n) is 2.84. The standard InChI is InChI=1S/C10H14N2O5/c1-5-2-8(15)11-10(16)12(5)9-3-6(14)7(4-13)17-9/h2,6-7,9,13-14H,3-4H2,1H3,(H,11,15,16)/t6-,7+,9+/m0/s1. The molecule has 1 aromatic rings. The number of aryl methyl sites for hydroxylation is 1. The van der Waals surface area contributed by atoms with Crippen LogP contribution in [-0.2, 0) is 4.74 Å². The Hall–Kier alpha value is -1.44. The van der Waals surface area contributed by atoms with Crippen molar-refractivity contribution in [1.82, 2.24) is 9.55 Å². The molecule has 7 nitrogen and oxygen atoms in total. The van der Waals surface area contributed by atoms with Crippen molar-refractivity contribution in [2.75, 3.05) is 6.61 Å². The van der Waals surface area contributed by atoms with E-state index in [4.69, 9.17) is 9.84 Å². The number of H-pyrrole nitrogens is 1. The maximum atomic E-state index is 11.6. The van der Waals surface area contributed by atoms with Crippen LogP contribution in [0.1, 0.15) is 18.3 Å². The van der Waals surface area contributed by atoms with Gasteiger partial charge in [0, 0.05) is 18.2 Å². The molecule has 0 aliphatic carbocycles. The number of nitrogens with zero attached hydrogens (tertiary/aromatic N) is 1. The smallest absolute Gasteiger partial charge is 0.330 e. The minimum atomic E-state index is -0.816. The van der Waals surface area contributed by atoms with Crippen molar-refractivity contribution in [2.45, 2.75) is 31.8 Å². The summed E-state index contributed by atoms with van der Waals surface area (Å²) >= 11 is 0. The number of aromatic amines is 1. The van der Waals surface area contributed by atoms with Crippen LogP contribution in [0.3, 0.4) is 0 Å². The summed E-state index contributed by atoms with van der Waals surface area (Å²) in [7, 11) is 0. The molecule has 1 aliphatic heterocycles. The average Bonchev–Trinajstić information content (AvgIpc) is 2.57. The lowest BCUT2D eigenvalue weighted by atomic mass is 10.2. The number of nitrogens with one attached hydrogen (secondary N) is 1. The molecule has 2 rings (SSSR count). The molecular weight excluding hydrogens is 228 g/mol. The Morgan fingerprint density at radius 3 is 2.82 bits per heavy atom. The molecule has 1 aliphatic rings. The predicted octanol–water partition coefficient (Wildman–Crippen LogP) is -1.51. The van der Waals surface area contributed by atoms with Crippen molar-refractivity contribution >= 4 is 0 Å². The first-order valence-electron chi connectivity index (χ1n) is 5.29. The Balaban J connectivity index is 2.37. The van der Waals surface area contributed by atoms with Gasteiger partial charge in [0.15, 0.2) is 0 Å². The molecule has 0 radical (unpaired) electrons. The van der Waals surface area contributed by atoms with Gasteiger partial charge in [0.1, 0.15) is 12.3 Å². The summed E-state index contributed by atoms with van der Waals surface area (Å²) in [5.74, 6) is 0. The van der Waals surface area contributed by atoms with Crippen molar-refractivity contribution in [3.8, 4) is 0 Å². The van der Waals surface area contributed by atoms with Crippen molar-refractivity contribution in [3.63, 3.8) is 0 Å². The van der Waals surface area contributed by atoms with Gasteiger partial charge in [0.2, 0.25) is 0 Å². The molecule has 3 N–H and O–H groups in total. The van der Waals surface area contributed by atoms with Crippen LogP contribution in [0.2, 0.25) is 0 Å². The molecule has 2 heterocycles. The Bertz CT molecular complexity index is 520. The number of ether oxygens (including phenoxy) is 1. The van der Waals surface area contributed by atoms with Gasteiger partial charge in [-0.1, -0.05) is 0 Å². The molecule has 1 aromatic heterocycles. The molecule has 0 amide bonds. The van der Waals surface area contributed by atoms with E-state index in [1.54, 1.807) is 6.92 Å². The molecular formula is C10H14N2O5. The Morgan fingerprint density at radius 2 is 2.29 bits per heavy atom. The Morgan fingerprint density at radius 1 is 1.59 bits per heavy atom. The highest BCUT2D eigenvalue weighted by Crippen LogP contribution is 2.27. The SMILES string of the molecule is Cc1cc(=O)[nH]c(=O)n1[C@H]1C[C@H](O)[C@@H](CO)O1. The van der Waals surface area contributed by atoms with Gasteiger partial charge >= 0.3 is 5.69 Å². The minimum absolute atomic E-state index is 0.206. The molecule has 94 valence electrons. The number of hydrogen-bond acceptors (Lipinski definition) is 5. The fraction of sp³-hybridized carbons (Fsp3) is 0.600. The number of aliphatic hydroxyl groups excluding tert-OH is 2. The summed E-state index contributed by atoms with van der Waals surface area (Å²) < 4.78 is 6.62. The van der Waals surface area contributed by atoms with Crippen LogP contribution in [0, 0.1) is 6.92 Å². The second-order valence-electron chi connectivity index (χ2n) is 4.06. The quantitative estimate of drug-likeness (QED) is 0.584. The van der Waals surface area contributed by atoms with Gasteiger partial charge in [-0.3, -0.25) is 14.3 Å². The summed E-state index contributed by atoms with van der Waals surface area (Å²) in [6, 6.07) is 1.28. The number of aliphatic hydroxyl groups is 2. The van der Waals surface area contributed by atoms with Gasteiger partial charge in [-0.25, -0.2) is 4.79 Å². The highest BCUT2D eigenvalue weighted by molar-refractivity contribution is 5.00. The maximum absolute atomic E-state index is 11.6. The molecule has 7 heteroatoms. The van der Waals surface area contributed by atoms with E-state index in [1.165, 1.54) is 10.6 Å². The lowest BCUT2D eigenvalue weighted by Gasteiger charge is -2.16. The summed E-state index contributed by atoms with van der Waals surface area (Å²) in [6.07, 6.45) is -1.97. The predicted molar refractivity (Wildman–Crippen MR) is 57.7 cm³/mol. The van der Waals surface area contributed by atoms with Gasteiger partial charge in [-0.2, -0.15) is 0 Å². The van der Waals surface area contributed by atoms with Crippen molar-refractivity contribution in [2.24, 2.45) is 0 Å². The molecule has 0 saturated carbocycles. The molecule has 0 unspecified atom stereocenters. The largest absolute Gasteiger partial charge is 0.394 e. The van der Waals surface area contributed by atoms with Crippen molar-refractivity contribution < 1.29 is 14.9 Å². The number of rotatable bonds is 2. The Kier molecular flexibility index (Phi) is 3.14. The third kappa shape index (κ3) is 2.17. The monoisotopic (exact) mass is 242 g/mol. The summed E-state index contributed by atoms with van der Waals surface area (Å²) in [4.78, 5) is 24.8. The maximum Gasteiger partial charge on any atom is 0.330 e. The molecule has 1 saturated heterocycles. The fourth-order valence-corrected chi connectivity index (χ4v) is 2.02. The van der Waals surface area contributed by atoms with Gasteiger partial charge in [-0.15, -0.1) is 0 Å². The van der Waals surface area contributed by atoms with Crippen LogP contribution < -0.4 is 11.2 Å². The lowest BCUT2D eigenvalue weighted by molar-refractivity contribution is -0.0465. The molecule has 0 spiro atoms. The number of aromatic nitrogens is 2. The molecule has 1 fully saturated rings. The van der Waals surface area contributed by atoms with E-state index < -0.39 is 29.7 Å². The highest BCUT2D eigenvalue weighted by Gasteiger charge is 2.35. The summed E-state index contributed by atoms with van der Waals surface area (Å²) in [6.45, 7) is 1.30. The van der Waals surface area contributed by atoms with Crippen LogP contribution in [-0.4, -0.2) is 38.6 Å². The van der Waals surface area contributed by atoms with Crippen LogP contribution in [0.5, 0.6) is 0 Å². The summed E-state index contributed by atoms with van der Waals surface area (Å²) in [5, 5.41) is 18.5. The van der Waals surface area contributed by atoms with Crippen LogP contribution in [0.4, 0.5) is 0 Å². The van der Waals surface area contributed by atoms with E-state index in [0.717, 1.165) is 0 Å². The Labute approximate surface area is 96.3 Å². The van der Waals surface area contributed by atoms with Crippen LogP contribution in [0.15, 0.2) is 15.7 Å². The first kappa shape index (κ1) is 12.0. The minimum Gasteiger partial charge on any atom is -0.394 e. The fourth-order valence-electron chi connectivity index (χ4n) is 2.02. The number of hydrogen-bond donors (Lipinski definition) is 3. The van der Waals surface area contributed by atoms with E-state index in [0.29, 0.717) is 5.69 Å². The summed E-state index contributed by atoms with van der Waals surface area (Å²) in [5.41, 5.74) is -0.596. The zero-order valence-corrected chi connectivity index (χ0v) is 9.29. The topological polar surface area (TPSA) is 105 Å². The van der Waals surface area contributed by atoms with Gasteiger partial charge in [-0.05, 0) is 6.92 Å². The van der Waals surface area contributed by atoms with Crippen LogP contribution in [0.25, 0.3) is 0 Å². The highest BCUT2D eigenvalue weighted by atomic mass is 16.5. The first-order valence-corrected chi connectivity index (χ1v) is 5.29. The van der Waals surface area contributed by atoms with E-state index in [9.17, 15) is 14.7 Å². The van der Waals surface area contributed by atoms with Gasteiger partial charge in [0.05, 0.1) is 12.7 Å². The van der Waals surface area contributed by atoms with Crippen molar-refractivity contribution in [3.05, 3.63) is 32.6 Å². The molecule has 0 aromatic carbocycles. The van der Waals surface area contributed by atoms with E-state index in [-0.39, 0.29) is 13.0 Å². The molecule has 3 atom stereocenters. The van der Waals surface area contributed by atoms with Gasteiger partial charge in [0.25, 0.3) is 5.56 Å². The molecule has 0 bridgehead atoms. The van der Waals surface area contributed by atoms with E-state index in [1.807, 2.05) is 0 Å². The second-order valence-corrected chi connectivity index (χ2v) is 4.06. The average molecular weight is 242 g/mol. The first-order chi connectivity index (χ1) is 8.02. The van der Waals surface area contributed by atoms with Crippen LogP contribution >= 0.6 is 0 Å².